The van der Waals surface area contributed by atoms with Crippen molar-refractivity contribution in [3.05, 3.63) is 22.4 Å². The molecule has 0 unspecified atom stereocenters. The molecule has 23 heavy (non-hydrogen) atoms. The van der Waals surface area contributed by atoms with Crippen LogP contribution in [0.2, 0.25) is 0 Å². The number of hydrogen-bond donors (Lipinski definition) is 0. The number of carbonyl (C=O) groups is 1. The van der Waals surface area contributed by atoms with Crippen molar-refractivity contribution in [3.8, 4) is 0 Å². The molecular formula is C15H23N3O3S2. The highest BCUT2D eigenvalue weighted by Crippen LogP contribution is 2.34. The molecule has 1 aromatic rings. The van der Waals surface area contributed by atoms with Crippen LogP contribution < -0.4 is 0 Å². The maximum atomic E-state index is 12.5. The Hall–Kier alpha value is -0.960. The number of carbonyl (C=O) groups excluding carboxylic acids is 1. The van der Waals surface area contributed by atoms with Crippen LogP contribution in [0.15, 0.2) is 17.5 Å². The second-order valence-electron chi connectivity index (χ2n) is 6.19. The van der Waals surface area contributed by atoms with Gasteiger partial charge in [0.15, 0.2) is 0 Å². The molecule has 2 saturated heterocycles. The summed E-state index contributed by atoms with van der Waals surface area (Å²) < 4.78 is 24.5. The first-order valence-corrected chi connectivity index (χ1v) is 10.7. The van der Waals surface area contributed by atoms with Crippen molar-refractivity contribution in [3.63, 3.8) is 0 Å². The van der Waals surface area contributed by atoms with Crippen molar-refractivity contribution >= 4 is 27.3 Å². The quantitative estimate of drug-likeness (QED) is 0.806. The minimum absolute atomic E-state index is 0.113. The van der Waals surface area contributed by atoms with Gasteiger partial charge in [0.25, 0.3) is 0 Å². The standard InChI is InChI=1S/C15H23N3O3S2/c1-23(20,21)18-9-7-16(8-10-18)15(19)12-17-6-2-4-13(17)14-5-3-11-22-14/h3,5,11,13H,2,4,6-10,12H2,1H3/t13-/m1/s1. The third-order valence-corrected chi connectivity index (χ3v) is 6.91. The molecule has 0 aromatic carbocycles. The van der Waals surface area contributed by atoms with E-state index in [9.17, 15) is 13.2 Å². The smallest absolute Gasteiger partial charge is 0.236 e. The number of piperazine rings is 1. The van der Waals surface area contributed by atoms with Crippen LogP contribution in [0.4, 0.5) is 0 Å². The Balaban J connectivity index is 1.55. The van der Waals surface area contributed by atoms with Gasteiger partial charge in [-0.05, 0) is 30.8 Å². The molecule has 2 aliphatic rings. The normalized spacial score (nSPS) is 24.2. The van der Waals surface area contributed by atoms with E-state index in [2.05, 4.69) is 22.4 Å². The molecule has 8 heteroatoms. The highest BCUT2D eigenvalue weighted by molar-refractivity contribution is 7.88. The van der Waals surface area contributed by atoms with E-state index < -0.39 is 10.0 Å². The van der Waals surface area contributed by atoms with Gasteiger partial charge in [-0.1, -0.05) is 6.07 Å². The summed E-state index contributed by atoms with van der Waals surface area (Å²) in [6.45, 7) is 3.17. The number of hydrogen-bond acceptors (Lipinski definition) is 5. The molecule has 0 saturated carbocycles. The van der Waals surface area contributed by atoms with E-state index in [-0.39, 0.29) is 5.91 Å². The van der Waals surface area contributed by atoms with Crippen molar-refractivity contribution in [2.75, 3.05) is 45.5 Å². The van der Waals surface area contributed by atoms with Gasteiger partial charge in [-0.3, -0.25) is 9.69 Å². The van der Waals surface area contributed by atoms with Crippen molar-refractivity contribution in [1.82, 2.24) is 14.1 Å². The molecule has 1 amide bonds. The Morgan fingerprint density at radius 3 is 2.61 bits per heavy atom. The number of sulfonamides is 1. The summed E-state index contributed by atoms with van der Waals surface area (Å²) in [7, 11) is -3.15. The van der Waals surface area contributed by atoms with E-state index in [0.717, 1.165) is 19.4 Å². The second kappa shape index (κ2) is 6.88. The van der Waals surface area contributed by atoms with E-state index in [4.69, 9.17) is 0 Å². The predicted octanol–water partition coefficient (Wildman–Crippen LogP) is 0.989. The van der Waals surface area contributed by atoms with E-state index in [1.165, 1.54) is 15.4 Å². The Morgan fingerprint density at radius 2 is 2.00 bits per heavy atom. The summed E-state index contributed by atoms with van der Waals surface area (Å²) in [5.41, 5.74) is 0. The fraction of sp³-hybridized carbons (Fsp3) is 0.667. The monoisotopic (exact) mass is 357 g/mol. The molecule has 0 aliphatic carbocycles. The van der Waals surface area contributed by atoms with Gasteiger partial charge >= 0.3 is 0 Å². The lowest BCUT2D eigenvalue weighted by atomic mass is 10.2. The fourth-order valence-corrected chi connectivity index (χ4v) is 5.08. The van der Waals surface area contributed by atoms with Gasteiger partial charge in [-0.2, -0.15) is 4.31 Å². The Kier molecular flexibility index (Phi) is 5.05. The largest absolute Gasteiger partial charge is 0.339 e. The summed E-state index contributed by atoms with van der Waals surface area (Å²) in [6, 6.07) is 4.56. The van der Waals surface area contributed by atoms with E-state index >= 15 is 0 Å². The van der Waals surface area contributed by atoms with Crippen LogP contribution in [0.3, 0.4) is 0 Å². The first kappa shape index (κ1) is 16.9. The summed E-state index contributed by atoms with van der Waals surface area (Å²) in [5.74, 6) is 0.113. The van der Waals surface area contributed by atoms with Gasteiger partial charge in [0.2, 0.25) is 15.9 Å². The van der Waals surface area contributed by atoms with Gasteiger partial charge in [-0.15, -0.1) is 11.3 Å². The van der Waals surface area contributed by atoms with Crippen LogP contribution in [0, 0.1) is 0 Å². The minimum atomic E-state index is -3.15. The molecule has 3 rings (SSSR count). The molecule has 0 N–H and O–H groups in total. The van der Waals surface area contributed by atoms with Crippen LogP contribution in [-0.4, -0.2) is 74.0 Å². The summed E-state index contributed by atoms with van der Waals surface area (Å²) in [5, 5.41) is 2.08. The molecule has 0 spiro atoms. The summed E-state index contributed by atoms with van der Waals surface area (Å²) in [6.07, 6.45) is 3.45. The lowest BCUT2D eigenvalue weighted by molar-refractivity contribution is -0.133. The first-order valence-electron chi connectivity index (χ1n) is 7.95. The Bertz CT molecular complexity index is 637. The number of amides is 1. The summed E-state index contributed by atoms with van der Waals surface area (Å²) >= 11 is 1.75. The van der Waals surface area contributed by atoms with Crippen molar-refractivity contribution in [1.29, 1.82) is 0 Å². The van der Waals surface area contributed by atoms with Gasteiger partial charge in [0.05, 0.1) is 12.8 Å². The molecule has 6 nitrogen and oxygen atoms in total. The van der Waals surface area contributed by atoms with Gasteiger partial charge in [0.1, 0.15) is 0 Å². The van der Waals surface area contributed by atoms with Crippen LogP contribution in [0.25, 0.3) is 0 Å². The van der Waals surface area contributed by atoms with Crippen molar-refractivity contribution < 1.29 is 13.2 Å². The van der Waals surface area contributed by atoms with Gasteiger partial charge in [0, 0.05) is 37.1 Å². The van der Waals surface area contributed by atoms with Gasteiger partial charge < -0.3 is 4.90 Å². The van der Waals surface area contributed by atoms with Crippen LogP contribution in [-0.2, 0) is 14.8 Å². The zero-order chi connectivity index (χ0) is 16.4. The molecule has 1 aromatic heterocycles. The zero-order valence-corrected chi connectivity index (χ0v) is 15.0. The maximum Gasteiger partial charge on any atom is 0.236 e. The number of thiophene rings is 1. The van der Waals surface area contributed by atoms with Gasteiger partial charge in [-0.25, -0.2) is 8.42 Å². The number of nitrogens with zero attached hydrogens (tertiary/aromatic N) is 3. The average Bonchev–Trinajstić information content (AvgIpc) is 3.17. The topological polar surface area (TPSA) is 60.9 Å². The van der Waals surface area contributed by atoms with E-state index in [1.54, 1.807) is 16.2 Å². The highest BCUT2D eigenvalue weighted by atomic mass is 32.2. The maximum absolute atomic E-state index is 12.5. The zero-order valence-electron chi connectivity index (χ0n) is 13.3. The minimum Gasteiger partial charge on any atom is -0.339 e. The molecule has 3 heterocycles. The second-order valence-corrected chi connectivity index (χ2v) is 9.15. The summed E-state index contributed by atoms with van der Waals surface area (Å²) in [4.78, 5) is 17.9. The molecule has 0 radical (unpaired) electrons. The molecule has 2 aliphatic heterocycles. The number of likely N-dealkylation sites (tertiary alicyclic amines) is 1. The predicted molar refractivity (Wildman–Crippen MR) is 90.9 cm³/mol. The molecular weight excluding hydrogens is 334 g/mol. The molecule has 0 bridgehead atoms. The third kappa shape index (κ3) is 3.93. The Morgan fingerprint density at radius 1 is 1.26 bits per heavy atom. The average molecular weight is 358 g/mol. The van der Waals surface area contributed by atoms with Crippen LogP contribution in [0.1, 0.15) is 23.8 Å². The van der Waals surface area contributed by atoms with E-state index in [1.807, 2.05) is 0 Å². The van der Waals surface area contributed by atoms with Crippen LogP contribution in [0.5, 0.6) is 0 Å². The third-order valence-electron chi connectivity index (χ3n) is 4.63. The molecule has 128 valence electrons. The highest BCUT2D eigenvalue weighted by Gasteiger charge is 2.31. The lowest BCUT2D eigenvalue weighted by Gasteiger charge is -2.34. The number of rotatable bonds is 4. The fourth-order valence-electron chi connectivity index (χ4n) is 3.36. The van der Waals surface area contributed by atoms with E-state index in [0.29, 0.717) is 38.8 Å². The van der Waals surface area contributed by atoms with Crippen molar-refractivity contribution in [2.24, 2.45) is 0 Å². The SMILES string of the molecule is CS(=O)(=O)N1CCN(C(=O)CN2CCC[C@@H]2c2cccs2)CC1. The Labute approximate surface area is 141 Å². The molecule has 1 atom stereocenters. The molecule has 2 fully saturated rings. The lowest BCUT2D eigenvalue weighted by Crippen LogP contribution is -2.52. The van der Waals surface area contributed by atoms with Crippen molar-refractivity contribution in [2.45, 2.75) is 18.9 Å². The first-order chi connectivity index (χ1) is 10.9. The van der Waals surface area contributed by atoms with Crippen LogP contribution >= 0.6 is 11.3 Å².